The van der Waals surface area contributed by atoms with Crippen LogP contribution in [-0.4, -0.2) is 14.5 Å². The van der Waals surface area contributed by atoms with Crippen LogP contribution in [0, 0.1) is 0 Å². The van der Waals surface area contributed by atoms with Crippen molar-refractivity contribution in [1.82, 2.24) is 14.5 Å². The highest BCUT2D eigenvalue weighted by Gasteiger charge is 2.17. The standard InChI is InChI=1S/C46H31N3/c1-2-16-40-37(13-1)42-29-35(23-24-41(42)46-45(40)47-25-26-48-46)31-21-19-30(20-22-31)32-9-7-10-33(27-32)34-11-8-12-36(28-34)49-43-17-5-3-14-38(43)39-15-4-6-18-44(39)49/h1-9,11-29,33H,10H2. The molecule has 1 atom stereocenters. The van der Waals surface area contributed by atoms with Crippen molar-refractivity contribution in [2.75, 3.05) is 0 Å². The maximum atomic E-state index is 4.72. The highest BCUT2D eigenvalue weighted by atomic mass is 15.0. The molecule has 0 fully saturated rings. The Balaban J connectivity index is 0.991. The Kier molecular flexibility index (Phi) is 6.31. The summed E-state index contributed by atoms with van der Waals surface area (Å²) in [6, 6.07) is 50.8. The van der Waals surface area contributed by atoms with Gasteiger partial charge in [0, 0.05) is 45.5 Å². The van der Waals surface area contributed by atoms with Gasteiger partial charge in [-0.15, -0.1) is 0 Å². The number of hydrogen-bond acceptors (Lipinski definition) is 2. The van der Waals surface area contributed by atoms with E-state index in [-0.39, 0.29) is 0 Å². The van der Waals surface area contributed by atoms with Crippen molar-refractivity contribution in [3.8, 4) is 16.8 Å². The monoisotopic (exact) mass is 625 g/mol. The predicted octanol–water partition coefficient (Wildman–Crippen LogP) is 11.8. The summed E-state index contributed by atoms with van der Waals surface area (Å²) >= 11 is 0. The van der Waals surface area contributed by atoms with Gasteiger partial charge in [0.15, 0.2) is 0 Å². The van der Waals surface area contributed by atoms with Crippen molar-refractivity contribution >= 4 is 60.0 Å². The fraction of sp³-hybridized carbons (Fsp3) is 0.0435. The van der Waals surface area contributed by atoms with Crippen LogP contribution >= 0.6 is 0 Å². The van der Waals surface area contributed by atoms with Crippen molar-refractivity contribution in [2.45, 2.75) is 12.3 Å². The molecule has 2 heterocycles. The maximum absolute atomic E-state index is 4.72. The van der Waals surface area contributed by atoms with E-state index < -0.39 is 0 Å². The molecule has 0 aliphatic heterocycles. The predicted molar refractivity (Wildman–Crippen MR) is 205 cm³/mol. The van der Waals surface area contributed by atoms with Gasteiger partial charge in [0.1, 0.15) is 0 Å². The molecule has 0 radical (unpaired) electrons. The SMILES string of the molecule is C1=CC(c2ccc(-c3ccc4c(c3)c3ccccc3c3nccnc43)cc2)=CC(c2cccc(-n3c4ccccc4c4ccccc43)c2)C1. The van der Waals surface area contributed by atoms with Crippen LogP contribution in [0.3, 0.4) is 0 Å². The molecule has 49 heavy (non-hydrogen) atoms. The Morgan fingerprint density at radius 2 is 1.10 bits per heavy atom. The Morgan fingerprint density at radius 3 is 1.84 bits per heavy atom. The van der Waals surface area contributed by atoms with Crippen LogP contribution in [0.1, 0.15) is 23.5 Å². The summed E-state index contributed by atoms with van der Waals surface area (Å²) in [4.78, 5) is 9.40. The number of para-hydroxylation sites is 2. The summed E-state index contributed by atoms with van der Waals surface area (Å²) in [5.41, 5.74) is 11.8. The smallest absolute Gasteiger partial charge is 0.0971 e. The lowest BCUT2D eigenvalue weighted by molar-refractivity contribution is 0.855. The number of benzene rings is 7. The van der Waals surface area contributed by atoms with Crippen LogP contribution in [0.2, 0.25) is 0 Å². The Labute approximate surface area is 284 Å². The van der Waals surface area contributed by atoms with Gasteiger partial charge in [-0.1, -0.05) is 127 Å². The van der Waals surface area contributed by atoms with Gasteiger partial charge in [0.05, 0.1) is 22.1 Å². The Hall–Kier alpha value is -6.32. The normalized spacial score (nSPS) is 14.7. The number of aromatic nitrogens is 3. The lowest BCUT2D eigenvalue weighted by Gasteiger charge is -2.19. The second-order valence-electron chi connectivity index (χ2n) is 13.0. The topological polar surface area (TPSA) is 30.7 Å². The van der Waals surface area contributed by atoms with Crippen LogP contribution < -0.4 is 0 Å². The largest absolute Gasteiger partial charge is 0.309 e. The molecule has 0 amide bonds. The van der Waals surface area contributed by atoms with E-state index in [4.69, 9.17) is 4.98 Å². The van der Waals surface area contributed by atoms with Crippen LogP contribution in [0.25, 0.3) is 76.8 Å². The van der Waals surface area contributed by atoms with E-state index in [0.717, 1.165) is 28.2 Å². The summed E-state index contributed by atoms with van der Waals surface area (Å²) < 4.78 is 2.40. The summed E-state index contributed by atoms with van der Waals surface area (Å²) in [5.74, 6) is 0.305. The molecule has 9 aromatic rings. The summed E-state index contributed by atoms with van der Waals surface area (Å²) in [6.45, 7) is 0. The van der Waals surface area contributed by atoms with E-state index in [0.29, 0.717) is 5.92 Å². The number of nitrogens with zero attached hydrogens (tertiary/aromatic N) is 3. The first-order valence-corrected chi connectivity index (χ1v) is 16.9. The number of rotatable bonds is 4. The first-order chi connectivity index (χ1) is 24.3. The summed E-state index contributed by atoms with van der Waals surface area (Å²) in [5, 5.41) is 7.25. The third kappa shape index (κ3) is 4.51. The first kappa shape index (κ1) is 27.8. The summed E-state index contributed by atoms with van der Waals surface area (Å²) in [7, 11) is 0. The molecule has 3 nitrogen and oxygen atoms in total. The van der Waals surface area contributed by atoms with Gasteiger partial charge in [-0.3, -0.25) is 9.97 Å². The van der Waals surface area contributed by atoms with Crippen LogP contribution in [0.4, 0.5) is 0 Å². The molecule has 10 rings (SSSR count). The number of allylic oxidation sites excluding steroid dienone is 4. The van der Waals surface area contributed by atoms with Crippen molar-refractivity contribution in [3.63, 3.8) is 0 Å². The van der Waals surface area contributed by atoms with E-state index in [1.54, 1.807) is 12.4 Å². The van der Waals surface area contributed by atoms with E-state index in [1.165, 1.54) is 66.1 Å². The van der Waals surface area contributed by atoms with Gasteiger partial charge in [-0.05, 0) is 75.4 Å². The minimum Gasteiger partial charge on any atom is -0.309 e. The van der Waals surface area contributed by atoms with E-state index >= 15 is 0 Å². The van der Waals surface area contributed by atoms with Gasteiger partial charge in [0.2, 0.25) is 0 Å². The quantitative estimate of drug-likeness (QED) is 0.182. The molecule has 0 bridgehead atoms. The van der Waals surface area contributed by atoms with Crippen molar-refractivity contribution in [2.24, 2.45) is 0 Å². The van der Waals surface area contributed by atoms with E-state index in [9.17, 15) is 0 Å². The van der Waals surface area contributed by atoms with Gasteiger partial charge in [-0.2, -0.15) is 0 Å². The van der Waals surface area contributed by atoms with Crippen molar-refractivity contribution in [1.29, 1.82) is 0 Å². The lowest BCUT2D eigenvalue weighted by atomic mass is 9.87. The molecule has 0 saturated heterocycles. The van der Waals surface area contributed by atoms with Crippen molar-refractivity contribution < 1.29 is 0 Å². The van der Waals surface area contributed by atoms with E-state index in [2.05, 4.69) is 167 Å². The molecule has 3 heteroatoms. The lowest BCUT2D eigenvalue weighted by Crippen LogP contribution is -2.01. The van der Waals surface area contributed by atoms with Gasteiger partial charge >= 0.3 is 0 Å². The van der Waals surface area contributed by atoms with Crippen LogP contribution in [0.15, 0.2) is 170 Å². The molecule has 7 aromatic carbocycles. The molecule has 0 saturated carbocycles. The molecule has 1 aliphatic rings. The zero-order valence-electron chi connectivity index (χ0n) is 26.8. The average molecular weight is 626 g/mol. The van der Waals surface area contributed by atoms with Crippen LogP contribution in [0.5, 0.6) is 0 Å². The molecular weight excluding hydrogens is 595 g/mol. The molecule has 1 aliphatic carbocycles. The molecule has 0 spiro atoms. The molecule has 2 aromatic heterocycles. The molecular formula is C46H31N3. The maximum Gasteiger partial charge on any atom is 0.0971 e. The zero-order valence-corrected chi connectivity index (χ0v) is 26.8. The third-order valence-electron chi connectivity index (χ3n) is 10.2. The van der Waals surface area contributed by atoms with Crippen LogP contribution in [-0.2, 0) is 0 Å². The Morgan fingerprint density at radius 1 is 0.490 bits per heavy atom. The fourth-order valence-corrected chi connectivity index (χ4v) is 7.87. The zero-order chi connectivity index (χ0) is 32.3. The fourth-order valence-electron chi connectivity index (χ4n) is 7.87. The Bertz CT molecular complexity index is 2710. The summed E-state index contributed by atoms with van der Waals surface area (Å²) in [6.07, 6.45) is 11.6. The van der Waals surface area contributed by atoms with E-state index in [1.807, 2.05) is 0 Å². The van der Waals surface area contributed by atoms with Gasteiger partial charge in [0.25, 0.3) is 0 Å². The van der Waals surface area contributed by atoms with Gasteiger partial charge in [-0.25, -0.2) is 0 Å². The molecule has 230 valence electrons. The highest BCUT2D eigenvalue weighted by Crippen LogP contribution is 2.38. The average Bonchev–Trinajstić information content (AvgIpc) is 3.52. The van der Waals surface area contributed by atoms with Crippen molar-refractivity contribution in [3.05, 3.63) is 181 Å². The van der Waals surface area contributed by atoms with Gasteiger partial charge < -0.3 is 4.57 Å². The minimum atomic E-state index is 0.305. The minimum absolute atomic E-state index is 0.305. The third-order valence-corrected chi connectivity index (χ3v) is 10.2. The second-order valence-corrected chi connectivity index (χ2v) is 13.0. The second kappa shape index (κ2) is 11.1. The molecule has 1 unspecified atom stereocenters. The molecule has 0 N–H and O–H groups in total. The highest BCUT2D eigenvalue weighted by molar-refractivity contribution is 6.23. The number of fused-ring (bicyclic) bond motifs is 9. The first-order valence-electron chi connectivity index (χ1n) is 16.9. The number of hydrogen-bond donors (Lipinski definition) is 0.